The summed E-state index contributed by atoms with van der Waals surface area (Å²) >= 11 is 0. The lowest BCUT2D eigenvalue weighted by Crippen LogP contribution is -2.37. The van der Waals surface area contributed by atoms with E-state index >= 15 is 0 Å². The zero-order valence-corrected chi connectivity index (χ0v) is 36.1. The van der Waals surface area contributed by atoms with E-state index in [1.807, 2.05) is 21.1 Å². The molecule has 0 saturated heterocycles. The van der Waals surface area contributed by atoms with E-state index in [2.05, 4.69) is 26.0 Å². The minimum absolute atomic E-state index is 0.0294. The molecule has 0 saturated carbocycles. The molecular weight excluding hydrogens is 689 g/mol. The van der Waals surface area contributed by atoms with Crippen LogP contribution in [0.2, 0.25) is 0 Å². The van der Waals surface area contributed by atoms with Gasteiger partial charge in [0.25, 0.3) is 7.82 Å². The first kappa shape index (κ1) is 51.8. The summed E-state index contributed by atoms with van der Waals surface area (Å²) in [5.74, 6) is -0.835. The van der Waals surface area contributed by atoms with E-state index in [4.69, 9.17) is 18.5 Å². The molecule has 314 valence electrons. The number of esters is 2. The standard InChI is InChI=1S/C43H84NO8P/c1-6-8-10-12-14-16-18-20-22-24-26-28-30-32-34-36-43(46)52-41(40-51-53(47,48)50-38-37-44(3,4)5)39-49-42(45)35-33-31-29-27-25-23-21-19-17-15-13-11-9-7-2/h20,22,41H,6-19,21,23-40H2,1-5H3/b22-20-/t41-/m1/s1. The van der Waals surface area contributed by atoms with E-state index in [0.717, 1.165) is 51.4 Å². The molecule has 0 aromatic rings. The van der Waals surface area contributed by atoms with Gasteiger partial charge in [-0.15, -0.1) is 0 Å². The van der Waals surface area contributed by atoms with Crippen LogP contribution in [0, 0.1) is 0 Å². The second-order valence-corrected chi connectivity index (χ2v) is 17.5. The number of unbranched alkanes of at least 4 members (excludes halogenated alkanes) is 24. The highest BCUT2D eigenvalue weighted by atomic mass is 31.2. The Morgan fingerprint density at radius 3 is 1.40 bits per heavy atom. The van der Waals surface area contributed by atoms with Crippen LogP contribution in [0.25, 0.3) is 0 Å². The third-order valence-electron chi connectivity index (χ3n) is 9.54. The Balaban J connectivity index is 4.36. The van der Waals surface area contributed by atoms with Gasteiger partial charge < -0.3 is 27.9 Å². The number of ether oxygens (including phenoxy) is 2. The molecule has 0 radical (unpaired) electrons. The van der Waals surface area contributed by atoms with E-state index in [1.165, 1.54) is 116 Å². The SMILES string of the molecule is CCCCCCCC/C=C\CCCCCCCC(=O)O[C@H](COC(=O)CCCCCCCCCCCCCCCC)COP(=O)([O-])OCC[N+](C)(C)C. The maximum Gasteiger partial charge on any atom is 0.306 e. The number of carbonyl (C=O) groups is 2. The molecule has 0 N–H and O–H groups in total. The molecule has 2 atom stereocenters. The molecule has 0 aromatic carbocycles. The average Bonchev–Trinajstić information content (AvgIpc) is 3.10. The van der Waals surface area contributed by atoms with Crippen LogP contribution in [-0.4, -0.2) is 70.0 Å². The topological polar surface area (TPSA) is 111 Å². The predicted octanol–water partition coefficient (Wildman–Crippen LogP) is 11.6. The van der Waals surface area contributed by atoms with E-state index in [9.17, 15) is 19.0 Å². The number of hydrogen-bond donors (Lipinski definition) is 0. The van der Waals surface area contributed by atoms with Gasteiger partial charge in [0.1, 0.15) is 19.8 Å². The Morgan fingerprint density at radius 2 is 0.962 bits per heavy atom. The number of allylic oxidation sites excluding steroid dienone is 2. The van der Waals surface area contributed by atoms with E-state index in [1.54, 1.807) is 0 Å². The Bertz CT molecular complexity index is 922. The van der Waals surface area contributed by atoms with E-state index in [-0.39, 0.29) is 32.0 Å². The molecule has 0 bridgehead atoms. The lowest BCUT2D eigenvalue weighted by atomic mass is 10.0. The van der Waals surface area contributed by atoms with Gasteiger partial charge in [0.2, 0.25) is 0 Å². The van der Waals surface area contributed by atoms with Gasteiger partial charge in [-0.25, -0.2) is 0 Å². The molecule has 0 rings (SSSR count). The maximum absolute atomic E-state index is 12.7. The summed E-state index contributed by atoms with van der Waals surface area (Å²) < 4.78 is 33.9. The van der Waals surface area contributed by atoms with E-state index < -0.39 is 26.5 Å². The summed E-state index contributed by atoms with van der Waals surface area (Å²) in [6.07, 6.45) is 36.6. The molecule has 0 aliphatic carbocycles. The lowest BCUT2D eigenvalue weighted by molar-refractivity contribution is -0.870. The third kappa shape index (κ3) is 40.2. The number of phosphoric ester groups is 1. The Labute approximate surface area is 326 Å². The van der Waals surface area contributed by atoms with Crippen molar-refractivity contribution in [1.29, 1.82) is 0 Å². The molecule has 9 nitrogen and oxygen atoms in total. The third-order valence-corrected chi connectivity index (χ3v) is 10.5. The molecule has 1 unspecified atom stereocenters. The van der Waals surface area contributed by atoms with Gasteiger partial charge in [-0.2, -0.15) is 0 Å². The molecule has 0 aliphatic heterocycles. The predicted molar refractivity (Wildman–Crippen MR) is 218 cm³/mol. The normalized spacial score (nSPS) is 13.7. The zero-order valence-electron chi connectivity index (χ0n) is 35.2. The Hall–Kier alpha value is -1.25. The highest BCUT2D eigenvalue weighted by molar-refractivity contribution is 7.45. The summed E-state index contributed by atoms with van der Waals surface area (Å²) in [5, 5.41) is 0. The maximum atomic E-state index is 12.7. The first-order valence-electron chi connectivity index (χ1n) is 21.9. The average molecular weight is 774 g/mol. The number of nitrogens with zero attached hydrogens (tertiary/aromatic N) is 1. The van der Waals surface area contributed by atoms with Gasteiger partial charge >= 0.3 is 11.9 Å². The van der Waals surface area contributed by atoms with E-state index in [0.29, 0.717) is 17.4 Å². The summed E-state index contributed by atoms with van der Waals surface area (Å²) in [7, 11) is 1.17. The van der Waals surface area contributed by atoms with Gasteiger partial charge in [-0.05, 0) is 38.5 Å². The molecule has 0 spiro atoms. The van der Waals surface area contributed by atoms with Crippen molar-refractivity contribution in [2.24, 2.45) is 0 Å². The fourth-order valence-corrected chi connectivity index (χ4v) is 6.79. The van der Waals surface area contributed by atoms with Crippen molar-refractivity contribution in [3.8, 4) is 0 Å². The summed E-state index contributed by atoms with van der Waals surface area (Å²) in [5.41, 5.74) is 0. The second kappa shape index (κ2) is 36.4. The first-order valence-corrected chi connectivity index (χ1v) is 23.4. The number of quaternary nitrogens is 1. The molecule has 0 fully saturated rings. The van der Waals surface area contributed by atoms with Crippen LogP contribution in [0.15, 0.2) is 12.2 Å². The second-order valence-electron chi connectivity index (χ2n) is 16.1. The smallest absolute Gasteiger partial charge is 0.306 e. The van der Waals surface area contributed by atoms with Gasteiger partial charge in [0.15, 0.2) is 6.10 Å². The molecular formula is C43H84NO8P. The van der Waals surface area contributed by atoms with Gasteiger partial charge in [-0.1, -0.05) is 161 Å². The molecule has 0 aliphatic rings. The number of rotatable bonds is 40. The minimum Gasteiger partial charge on any atom is -0.756 e. The van der Waals surface area contributed by atoms with Crippen molar-refractivity contribution in [3.05, 3.63) is 12.2 Å². The number of hydrogen-bond acceptors (Lipinski definition) is 8. The molecule has 10 heteroatoms. The van der Waals surface area contributed by atoms with Crippen LogP contribution in [0.4, 0.5) is 0 Å². The Kier molecular flexibility index (Phi) is 35.5. The Morgan fingerprint density at radius 1 is 0.566 bits per heavy atom. The monoisotopic (exact) mass is 774 g/mol. The fraction of sp³-hybridized carbons (Fsp3) is 0.907. The summed E-state index contributed by atoms with van der Waals surface area (Å²) in [4.78, 5) is 37.5. The van der Waals surface area contributed by atoms with Crippen molar-refractivity contribution in [2.45, 2.75) is 206 Å². The summed E-state index contributed by atoms with van der Waals surface area (Å²) in [6.45, 7) is 4.23. The van der Waals surface area contributed by atoms with Crippen LogP contribution in [0.3, 0.4) is 0 Å². The number of likely N-dealkylation sites (N-methyl/N-ethyl adjacent to an activating group) is 1. The molecule has 0 aromatic heterocycles. The highest BCUT2D eigenvalue weighted by Crippen LogP contribution is 2.38. The molecule has 53 heavy (non-hydrogen) atoms. The quantitative estimate of drug-likeness (QED) is 0.0199. The van der Waals surface area contributed by atoms with Gasteiger partial charge in [0, 0.05) is 12.8 Å². The van der Waals surface area contributed by atoms with Crippen LogP contribution in [-0.2, 0) is 32.7 Å². The first-order chi connectivity index (χ1) is 25.5. The van der Waals surface area contributed by atoms with Crippen molar-refractivity contribution in [2.75, 3.05) is 47.5 Å². The van der Waals surface area contributed by atoms with Crippen LogP contribution < -0.4 is 4.89 Å². The van der Waals surface area contributed by atoms with Crippen molar-refractivity contribution >= 4 is 19.8 Å². The van der Waals surface area contributed by atoms with Crippen molar-refractivity contribution < 1.29 is 42.1 Å². The minimum atomic E-state index is -4.62. The molecule has 0 heterocycles. The largest absolute Gasteiger partial charge is 0.756 e. The highest BCUT2D eigenvalue weighted by Gasteiger charge is 2.21. The zero-order chi connectivity index (χ0) is 39.3. The van der Waals surface area contributed by atoms with Crippen LogP contribution >= 0.6 is 7.82 Å². The number of carbonyl (C=O) groups excluding carboxylic acids is 2. The van der Waals surface area contributed by atoms with Crippen molar-refractivity contribution in [3.63, 3.8) is 0 Å². The lowest BCUT2D eigenvalue weighted by Gasteiger charge is -2.28. The van der Waals surface area contributed by atoms with Crippen molar-refractivity contribution in [1.82, 2.24) is 0 Å². The fourth-order valence-electron chi connectivity index (χ4n) is 6.06. The number of phosphoric acid groups is 1. The van der Waals surface area contributed by atoms with Crippen LogP contribution in [0.1, 0.15) is 200 Å². The van der Waals surface area contributed by atoms with Gasteiger partial charge in [-0.3, -0.25) is 14.2 Å². The molecule has 0 amide bonds. The van der Waals surface area contributed by atoms with Crippen LogP contribution in [0.5, 0.6) is 0 Å². The summed E-state index contributed by atoms with van der Waals surface area (Å²) in [6, 6.07) is 0. The van der Waals surface area contributed by atoms with Gasteiger partial charge in [0.05, 0.1) is 27.7 Å².